The molecule has 3 atom stereocenters. The highest BCUT2D eigenvalue weighted by molar-refractivity contribution is 6.43. The molecule has 53 heavy (non-hydrogen) atoms. The van der Waals surface area contributed by atoms with Crippen molar-refractivity contribution in [2.24, 2.45) is 5.92 Å². The van der Waals surface area contributed by atoms with E-state index in [0.717, 1.165) is 72.2 Å². The number of benzene rings is 2. The van der Waals surface area contributed by atoms with Gasteiger partial charge in [0.2, 0.25) is 5.91 Å². The second-order valence-corrected chi connectivity index (χ2v) is 15.7. The quantitative estimate of drug-likeness (QED) is 0.161. The molecule has 1 aliphatic carbocycles. The third kappa shape index (κ3) is 6.38. The lowest BCUT2D eigenvalue weighted by Gasteiger charge is -2.33. The Balaban J connectivity index is 1.30. The third-order valence-electron chi connectivity index (χ3n) is 11.7. The molecule has 0 bridgehead atoms. The smallest absolute Gasteiger partial charge is 0.226 e. The van der Waals surface area contributed by atoms with E-state index >= 15 is 4.39 Å². The van der Waals surface area contributed by atoms with Crippen molar-refractivity contribution in [3.8, 4) is 17.2 Å². The fourth-order valence-electron chi connectivity index (χ4n) is 8.67. The average molecular weight is 754 g/mol. The van der Waals surface area contributed by atoms with Crippen molar-refractivity contribution in [3.63, 3.8) is 0 Å². The van der Waals surface area contributed by atoms with Crippen molar-refractivity contribution in [1.29, 1.82) is 5.26 Å². The van der Waals surface area contributed by atoms with E-state index in [0.29, 0.717) is 58.8 Å². The average Bonchev–Trinajstić information content (AvgIpc) is 3.88. The van der Waals surface area contributed by atoms with E-state index in [4.69, 9.17) is 32.9 Å². The Morgan fingerprint density at radius 2 is 1.94 bits per heavy atom. The minimum atomic E-state index is -0.486. The SMILES string of the molecule is Cc1ccnc(C)c1CO[C@H]1C[C@H](c2cc3c(C)nc4c(F)c(-c5cccc(Cl)c5Cl)c(CCC#N)cc4c3n2[C@H]2CCNC2)N(C(=O)C2CCC2)C1. The molecular formula is C42H43Cl2FN6O2. The minimum absolute atomic E-state index is 0.0304. The van der Waals surface area contributed by atoms with Gasteiger partial charge in [-0.2, -0.15) is 5.26 Å². The van der Waals surface area contributed by atoms with Crippen LogP contribution in [-0.2, 0) is 22.6 Å². The highest BCUT2D eigenvalue weighted by atomic mass is 35.5. The van der Waals surface area contributed by atoms with Gasteiger partial charge in [-0.25, -0.2) is 9.37 Å². The Kier molecular flexibility index (Phi) is 9.92. The number of aryl methyl sites for hydroxylation is 4. The van der Waals surface area contributed by atoms with E-state index in [1.54, 1.807) is 18.2 Å². The van der Waals surface area contributed by atoms with Gasteiger partial charge in [0.1, 0.15) is 5.52 Å². The molecule has 2 aliphatic heterocycles. The summed E-state index contributed by atoms with van der Waals surface area (Å²) in [5.41, 5.74) is 7.52. The Morgan fingerprint density at radius 3 is 2.66 bits per heavy atom. The fourth-order valence-corrected chi connectivity index (χ4v) is 9.06. The van der Waals surface area contributed by atoms with Crippen LogP contribution in [-0.4, -0.2) is 51.1 Å². The van der Waals surface area contributed by atoms with Crippen LogP contribution in [0.15, 0.2) is 42.6 Å². The molecule has 8 nitrogen and oxygen atoms in total. The molecule has 0 unspecified atom stereocenters. The predicted molar refractivity (Wildman–Crippen MR) is 207 cm³/mol. The van der Waals surface area contributed by atoms with Gasteiger partial charge in [-0.15, -0.1) is 0 Å². The molecule has 1 N–H and O–H groups in total. The fraction of sp³-hybridized carbons (Fsp3) is 0.429. The summed E-state index contributed by atoms with van der Waals surface area (Å²) in [6.07, 6.45) is 6.63. The molecule has 0 spiro atoms. The van der Waals surface area contributed by atoms with Gasteiger partial charge < -0.3 is 19.5 Å². The van der Waals surface area contributed by atoms with E-state index < -0.39 is 5.82 Å². The predicted octanol–water partition coefficient (Wildman–Crippen LogP) is 9.27. The largest absolute Gasteiger partial charge is 0.372 e. The number of pyridine rings is 2. The van der Waals surface area contributed by atoms with Crippen molar-refractivity contribution < 1.29 is 13.9 Å². The number of hydrogen-bond acceptors (Lipinski definition) is 6. The Morgan fingerprint density at radius 1 is 1.11 bits per heavy atom. The van der Waals surface area contributed by atoms with Crippen molar-refractivity contribution in [2.45, 2.75) is 90.5 Å². The molecule has 274 valence electrons. The van der Waals surface area contributed by atoms with Gasteiger partial charge in [-0.3, -0.25) is 9.78 Å². The third-order valence-corrected chi connectivity index (χ3v) is 12.6. The number of nitrogens with zero attached hydrogens (tertiary/aromatic N) is 5. The van der Waals surface area contributed by atoms with Crippen LogP contribution in [0.2, 0.25) is 10.0 Å². The van der Waals surface area contributed by atoms with Gasteiger partial charge in [0, 0.05) is 88.6 Å². The van der Waals surface area contributed by atoms with Gasteiger partial charge in [-0.05, 0) is 88.4 Å². The van der Waals surface area contributed by atoms with E-state index in [1.807, 2.05) is 32.2 Å². The monoisotopic (exact) mass is 752 g/mol. The lowest BCUT2D eigenvalue weighted by molar-refractivity contribution is -0.139. The van der Waals surface area contributed by atoms with Crippen LogP contribution >= 0.6 is 23.2 Å². The second-order valence-electron chi connectivity index (χ2n) is 14.9. The van der Waals surface area contributed by atoms with Crippen molar-refractivity contribution >= 4 is 50.9 Å². The first-order chi connectivity index (χ1) is 25.7. The lowest BCUT2D eigenvalue weighted by Crippen LogP contribution is -2.40. The van der Waals surface area contributed by atoms with E-state index in [1.165, 1.54) is 0 Å². The van der Waals surface area contributed by atoms with Crippen LogP contribution in [0.1, 0.15) is 84.4 Å². The topological polar surface area (TPSA) is 96.1 Å². The molecule has 3 fully saturated rings. The van der Waals surface area contributed by atoms with Crippen LogP contribution in [0, 0.1) is 43.8 Å². The minimum Gasteiger partial charge on any atom is -0.372 e. The van der Waals surface area contributed by atoms with Crippen LogP contribution in [0.4, 0.5) is 4.39 Å². The molecule has 0 radical (unpaired) electrons. The van der Waals surface area contributed by atoms with E-state index in [-0.39, 0.29) is 47.0 Å². The molecule has 2 aromatic carbocycles. The summed E-state index contributed by atoms with van der Waals surface area (Å²) in [7, 11) is 0. The normalized spacial score (nSPS) is 20.4. The number of ether oxygens (including phenoxy) is 1. The van der Waals surface area contributed by atoms with Crippen molar-refractivity contribution in [2.75, 3.05) is 19.6 Å². The molecule has 3 aliphatic rings. The molecule has 8 rings (SSSR count). The number of nitrogens with one attached hydrogen (secondary N) is 1. The number of fused-ring (bicyclic) bond motifs is 3. The van der Waals surface area contributed by atoms with E-state index in [2.05, 4.69) is 38.8 Å². The van der Waals surface area contributed by atoms with E-state index in [9.17, 15) is 10.1 Å². The number of carbonyl (C=O) groups is 1. The van der Waals surface area contributed by atoms with Crippen LogP contribution in [0.25, 0.3) is 32.9 Å². The highest BCUT2D eigenvalue weighted by Gasteiger charge is 2.43. The number of likely N-dealkylation sites (tertiary alicyclic amines) is 1. The van der Waals surface area contributed by atoms with Gasteiger partial charge in [0.25, 0.3) is 0 Å². The van der Waals surface area contributed by atoms with Crippen LogP contribution < -0.4 is 5.32 Å². The lowest BCUT2D eigenvalue weighted by atomic mass is 9.84. The molecule has 5 heterocycles. The number of carbonyl (C=O) groups excluding carboxylic acids is 1. The summed E-state index contributed by atoms with van der Waals surface area (Å²) >= 11 is 13.1. The highest BCUT2D eigenvalue weighted by Crippen LogP contribution is 2.46. The molecular weight excluding hydrogens is 710 g/mol. The first-order valence-corrected chi connectivity index (χ1v) is 19.4. The maximum atomic E-state index is 17.2. The van der Waals surface area contributed by atoms with Crippen LogP contribution in [0.3, 0.4) is 0 Å². The van der Waals surface area contributed by atoms with Crippen molar-refractivity contribution in [1.82, 2.24) is 24.8 Å². The number of amides is 1. The van der Waals surface area contributed by atoms with Gasteiger partial charge in [-0.1, -0.05) is 41.8 Å². The number of hydrogen-bond donors (Lipinski definition) is 1. The maximum absolute atomic E-state index is 17.2. The molecule has 3 aromatic heterocycles. The molecule has 1 amide bonds. The Labute approximate surface area is 319 Å². The Bertz CT molecular complexity index is 2270. The standard InChI is InChI=1S/C42H43Cl2FN6O2/c1-23-12-16-48-24(2)33(23)22-53-29-18-35(50(21-29)42(52)26-7-4-8-26)36-19-31-25(3)49-40-32(41(31)51(36)28-13-15-47-20-28)17-27(9-6-14-46)37(39(40)45)30-10-5-11-34(43)38(30)44/h5,10-12,16-17,19,26,28-29,35,47H,4,6-9,13,15,18,20-22H2,1-3H3/t28-,29-,35+/m0/s1. The van der Waals surface area contributed by atoms with Gasteiger partial charge >= 0.3 is 0 Å². The molecule has 1 saturated carbocycles. The zero-order chi connectivity index (χ0) is 37.0. The molecule has 5 aromatic rings. The number of halogens is 3. The first kappa shape index (κ1) is 35.9. The maximum Gasteiger partial charge on any atom is 0.226 e. The van der Waals surface area contributed by atoms with Gasteiger partial charge in [0.05, 0.1) is 40.4 Å². The summed E-state index contributed by atoms with van der Waals surface area (Å²) < 4.78 is 26.2. The number of nitriles is 1. The zero-order valence-corrected chi connectivity index (χ0v) is 31.8. The zero-order valence-electron chi connectivity index (χ0n) is 30.3. The molecule has 11 heteroatoms. The summed E-state index contributed by atoms with van der Waals surface area (Å²) in [5.74, 6) is -0.265. The number of aromatic nitrogens is 3. The van der Waals surface area contributed by atoms with Crippen LogP contribution in [0.5, 0.6) is 0 Å². The van der Waals surface area contributed by atoms with Crippen molar-refractivity contribution in [3.05, 3.63) is 92.2 Å². The summed E-state index contributed by atoms with van der Waals surface area (Å²) in [5, 5.41) is 15.4. The summed E-state index contributed by atoms with van der Waals surface area (Å²) in [6.45, 7) is 8.56. The first-order valence-electron chi connectivity index (χ1n) is 18.7. The Hall–Kier alpha value is -4.07. The molecule has 2 saturated heterocycles. The number of rotatable bonds is 9. The van der Waals surface area contributed by atoms with Gasteiger partial charge in [0.15, 0.2) is 5.82 Å². The second kappa shape index (κ2) is 14.6. The summed E-state index contributed by atoms with van der Waals surface area (Å²) in [4.78, 5) is 25.7. The summed E-state index contributed by atoms with van der Waals surface area (Å²) in [6, 6.07) is 13.5.